The maximum atomic E-state index is 11.4. The van der Waals surface area contributed by atoms with E-state index in [0.29, 0.717) is 0 Å². The van der Waals surface area contributed by atoms with Gasteiger partial charge in [-0.1, -0.05) is 0 Å². The number of hydrogen-bond donors (Lipinski definition) is 0. The molecule has 0 N–H and O–H groups in total. The molecule has 4 heteroatoms. The van der Waals surface area contributed by atoms with Crippen LogP contribution in [0.25, 0.3) is 0 Å². The van der Waals surface area contributed by atoms with Crippen LogP contribution in [0.3, 0.4) is 0 Å². The lowest BCUT2D eigenvalue weighted by Gasteiger charge is -2.26. The highest BCUT2D eigenvalue weighted by molar-refractivity contribution is 5.74. The van der Waals surface area contributed by atoms with Gasteiger partial charge >= 0.3 is 6.03 Å². The average Bonchev–Trinajstić information content (AvgIpc) is 1.98. The summed E-state index contributed by atoms with van der Waals surface area (Å²) >= 11 is 0. The van der Waals surface area contributed by atoms with Gasteiger partial charge in [-0.25, -0.2) is 4.79 Å². The van der Waals surface area contributed by atoms with Crippen molar-refractivity contribution in [3.05, 3.63) is 0 Å². The van der Waals surface area contributed by atoms with Gasteiger partial charge in [0, 0.05) is 20.1 Å². The van der Waals surface area contributed by atoms with Gasteiger partial charge in [0.25, 0.3) is 0 Å². The van der Waals surface area contributed by atoms with E-state index in [-0.39, 0.29) is 18.6 Å². The fourth-order valence-corrected chi connectivity index (χ4v) is 0.804. The molecule has 0 aliphatic carbocycles. The van der Waals surface area contributed by atoms with E-state index in [9.17, 15) is 4.79 Å². The third kappa shape index (κ3) is 2.79. The minimum Gasteiger partial charge on any atom is -0.331 e. The summed E-state index contributed by atoms with van der Waals surface area (Å²) in [6.07, 6.45) is 0. The highest BCUT2D eigenvalue weighted by Gasteiger charge is 2.17. The van der Waals surface area contributed by atoms with E-state index in [4.69, 9.17) is 5.26 Å². The maximum absolute atomic E-state index is 11.4. The van der Waals surface area contributed by atoms with E-state index in [0.717, 1.165) is 0 Å². The summed E-state index contributed by atoms with van der Waals surface area (Å²) in [5.74, 6) is 0. The van der Waals surface area contributed by atoms with E-state index in [1.54, 1.807) is 14.1 Å². The Morgan fingerprint density at radius 1 is 1.50 bits per heavy atom. The summed E-state index contributed by atoms with van der Waals surface area (Å²) in [7, 11) is 3.35. The molecule has 12 heavy (non-hydrogen) atoms. The SMILES string of the molecule is CC(C)N(CC#N)C(=O)N(C)C. The van der Waals surface area contributed by atoms with Crippen molar-refractivity contribution in [1.82, 2.24) is 9.80 Å². The van der Waals surface area contributed by atoms with Crippen LogP contribution in [-0.4, -0.2) is 42.5 Å². The molecular formula is C8H15N3O. The number of nitriles is 1. The Morgan fingerprint density at radius 2 is 2.00 bits per heavy atom. The lowest BCUT2D eigenvalue weighted by molar-refractivity contribution is 0.164. The molecule has 2 amide bonds. The zero-order valence-corrected chi connectivity index (χ0v) is 8.03. The fraction of sp³-hybridized carbons (Fsp3) is 0.750. The Balaban J connectivity index is 4.32. The molecule has 0 aromatic carbocycles. The van der Waals surface area contributed by atoms with Gasteiger partial charge in [0.15, 0.2) is 0 Å². The van der Waals surface area contributed by atoms with Crippen molar-refractivity contribution < 1.29 is 4.79 Å². The van der Waals surface area contributed by atoms with Crippen LogP contribution in [0.2, 0.25) is 0 Å². The molecule has 0 aliphatic rings. The second kappa shape index (κ2) is 4.60. The minimum absolute atomic E-state index is 0.0690. The van der Waals surface area contributed by atoms with Crippen molar-refractivity contribution in [2.45, 2.75) is 19.9 Å². The molecule has 0 saturated heterocycles. The molecule has 0 unspecified atom stereocenters. The first-order valence-electron chi connectivity index (χ1n) is 3.85. The van der Waals surface area contributed by atoms with Crippen LogP contribution in [0, 0.1) is 11.3 Å². The van der Waals surface area contributed by atoms with Crippen molar-refractivity contribution in [1.29, 1.82) is 5.26 Å². The Morgan fingerprint density at radius 3 is 2.25 bits per heavy atom. The Hall–Kier alpha value is -1.24. The average molecular weight is 169 g/mol. The van der Waals surface area contributed by atoms with E-state index < -0.39 is 0 Å². The summed E-state index contributed by atoms with van der Waals surface area (Å²) < 4.78 is 0. The van der Waals surface area contributed by atoms with Crippen LogP contribution in [0.4, 0.5) is 4.79 Å². The van der Waals surface area contributed by atoms with E-state index >= 15 is 0 Å². The molecule has 0 heterocycles. The number of nitrogens with zero attached hydrogens (tertiary/aromatic N) is 3. The number of carbonyl (C=O) groups is 1. The molecular weight excluding hydrogens is 154 g/mol. The first kappa shape index (κ1) is 10.8. The van der Waals surface area contributed by atoms with Crippen LogP contribution in [-0.2, 0) is 0 Å². The molecule has 0 spiro atoms. The second-order valence-electron chi connectivity index (χ2n) is 3.06. The molecule has 0 aromatic rings. The first-order valence-corrected chi connectivity index (χ1v) is 3.85. The van der Waals surface area contributed by atoms with Gasteiger partial charge < -0.3 is 9.80 Å². The van der Waals surface area contributed by atoms with Crippen molar-refractivity contribution >= 4 is 6.03 Å². The summed E-state index contributed by atoms with van der Waals surface area (Å²) in [5.41, 5.74) is 0. The molecule has 0 atom stereocenters. The zero-order chi connectivity index (χ0) is 9.72. The molecule has 0 saturated carbocycles. The van der Waals surface area contributed by atoms with Gasteiger partial charge in [-0.05, 0) is 13.8 Å². The van der Waals surface area contributed by atoms with Crippen molar-refractivity contribution in [3.63, 3.8) is 0 Å². The Bertz CT molecular complexity index is 193. The van der Waals surface area contributed by atoms with Gasteiger partial charge in [-0.3, -0.25) is 0 Å². The number of hydrogen-bond acceptors (Lipinski definition) is 2. The molecule has 0 rings (SSSR count). The fourth-order valence-electron chi connectivity index (χ4n) is 0.804. The lowest BCUT2D eigenvalue weighted by Crippen LogP contribution is -2.43. The summed E-state index contributed by atoms with van der Waals surface area (Å²) in [6, 6.07) is 1.91. The van der Waals surface area contributed by atoms with E-state index in [1.165, 1.54) is 9.80 Å². The normalized spacial score (nSPS) is 9.33. The molecule has 0 aliphatic heterocycles. The van der Waals surface area contributed by atoms with Crippen LogP contribution in [0.1, 0.15) is 13.8 Å². The third-order valence-electron chi connectivity index (χ3n) is 1.49. The second-order valence-corrected chi connectivity index (χ2v) is 3.06. The molecule has 0 radical (unpaired) electrons. The largest absolute Gasteiger partial charge is 0.331 e. The van der Waals surface area contributed by atoms with Crippen molar-refractivity contribution in [3.8, 4) is 6.07 Å². The Kier molecular flexibility index (Phi) is 4.12. The lowest BCUT2D eigenvalue weighted by atomic mass is 10.3. The highest BCUT2D eigenvalue weighted by Crippen LogP contribution is 2.00. The summed E-state index contributed by atoms with van der Waals surface area (Å²) in [4.78, 5) is 14.4. The number of amides is 2. The molecule has 4 nitrogen and oxygen atoms in total. The summed E-state index contributed by atoms with van der Waals surface area (Å²) in [6.45, 7) is 3.92. The smallest absolute Gasteiger partial charge is 0.320 e. The predicted molar refractivity (Wildman–Crippen MR) is 46.5 cm³/mol. The monoisotopic (exact) mass is 169 g/mol. The van der Waals surface area contributed by atoms with Gasteiger partial charge in [0.05, 0.1) is 6.07 Å². The molecule has 68 valence electrons. The van der Waals surface area contributed by atoms with E-state index in [1.807, 2.05) is 19.9 Å². The Labute approximate surface area is 73.4 Å². The van der Waals surface area contributed by atoms with Gasteiger partial charge in [-0.2, -0.15) is 5.26 Å². The maximum Gasteiger partial charge on any atom is 0.320 e. The topological polar surface area (TPSA) is 47.3 Å². The number of rotatable bonds is 2. The zero-order valence-electron chi connectivity index (χ0n) is 8.03. The molecule has 0 aromatic heterocycles. The van der Waals surface area contributed by atoms with Gasteiger partial charge in [0.1, 0.15) is 6.54 Å². The first-order chi connectivity index (χ1) is 5.50. The van der Waals surface area contributed by atoms with Crippen LogP contribution >= 0.6 is 0 Å². The van der Waals surface area contributed by atoms with E-state index in [2.05, 4.69) is 0 Å². The highest BCUT2D eigenvalue weighted by atomic mass is 16.2. The third-order valence-corrected chi connectivity index (χ3v) is 1.49. The quantitative estimate of drug-likeness (QED) is 0.577. The molecule has 0 fully saturated rings. The van der Waals surface area contributed by atoms with Crippen LogP contribution < -0.4 is 0 Å². The van der Waals surface area contributed by atoms with Gasteiger partial charge in [0.2, 0.25) is 0 Å². The number of urea groups is 1. The standard InChI is InChI=1S/C8H15N3O/c1-7(2)11(6-5-9)8(12)10(3)4/h7H,6H2,1-4H3. The van der Waals surface area contributed by atoms with Crippen LogP contribution in [0.15, 0.2) is 0 Å². The van der Waals surface area contributed by atoms with Crippen molar-refractivity contribution in [2.24, 2.45) is 0 Å². The van der Waals surface area contributed by atoms with Crippen LogP contribution in [0.5, 0.6) is 0 Å². The predicted octanol–water partition coefficient (Wildman–Crippen LogP) is 0.902. The molecule has 0 bridgehead atoms. The summed E-state index contributed by atoms with van der Waals surface area (Å²) in [5, 5.41) is 8.45. The minimum atomic E-state index is -0.119. The number of carbonyl (C=O) groups excluding carboxylic acids is 1. The van der Waals surface area contributed by atoms with Gasteiger partial charge in [-0.15, -0.1) is 0 Å². The van der Waals surface area contributed by atoms with Crippen molar-refractivity contribution in [2.75, 3.05) is 20.6 Å².